The van der Waals surface area contributed by atoms with Gasteiger partial charge in [0.25, 0.3) is 0 Å². The number of pyridine rings is 1. The summed E-state index contributed by atoms with van der Waals surface area (Å²) in [7, 11) is 0. The molecule has 0 saturated carbocycles. The second-order valence-corrected chi connectivity index (χ2v) is 3.98. The van der Waals surface area contributed by atoms with Gasteiger partial charge in [0.1, 0.15) is 0 Å². The van der Waals surface area contributed by atoms with E-state index < -0.39 is 0 Å². The fraction of sp³-hybridized carbons (Fsp3) is 0.385. The summed E-state index contributed by atoms with van der Waals surface area (Å²) in [6.45, 7) is 3.88. The first-order valence-electron chi connectivity index (χ1n) is 5.97. The van der Waals surface area contributed by atoms with Crippen LogP contribution in [0, 0.1) is 0 Å². The van der Waals surface area contributed by atoms with Gasteiger partial charge in [-0.1, -0.05) is 19.1 Å². The van der Waals surface area contributed by atoms with Crippen molar-refractivity contribution < 1.29 is 0 Å². The lowest BCUT2D eigenvalue weighted by molar-refractivity contribution is 0.856. The standard InChI is InChI=1S/C13H17N3O/c1-2-3-4-5-9-16-10-8-14-13-11(16)6-7-12(17)15-13/h3-4,6-8H,2,5,9-10H2,1H3,(H,15,17). The lowest BCUT2D eigenvalue weighted by Crippen LogP contribution is -2.29. The van der Waals surface area contributed by atoms with Crippen LogP contribution in [0.3, 0.4) is 0 Å². The zero-order chi connectivity index (χ0) is 12.1. The van der Waals surface area contributed by atoms with Crippen LogP contribution >= 0.6 is 0 Å². The summed E-state index contributed by atoms with van der Waals surface area (Å²) in [5.74, 6) is 0.670. The molecule has 1 aliphatic heterocycles. The largest absolute Gasteiger partial charge is 0.363 e. The lowest BCUT2D eigenvalue weighted by atomic mass is 10.2. The number of H-pyrrole nitrogens is 1. The molecule has 1 N–H and O–H groups in total. The molecule has 0 aliphatic carbocycles. The van der Waals surface area contributed by atoms with Crippen LogP contribution < -0.4 is 10.5 Å². The molecule has 2 heterocycles. The smallest absolute Gasteiger partial charge is 0.249 e. The molecule has 1 aromatic rings. The summed E-state index contributed by atoms with van der Waals surface area (Å²) >= 11 is 0. The predicted octanol–water partition coefficient (Wildman–Crippen LogP) is 2.25. The average molecular weight is 231 g/mol. The van der Waals surface area contributed by atoms with Gasteiger partial charge >= 0.3 is 0 Å². The SMILES string of the molecule is CCC=CCCN1CC=Nc2[nH]c(=O)ccc21. The highest BCUT2D eigenvalue weighted by molar-refractivity contribution is 5.79. The first-order valence-corrected chi connectivity index (χ1v) is 5.97. The fourth-order valence-electron chi connectivity index (χ4n) is 1.87. The van der Waals surface area contributed by atoms with E-state index in [9.17, 15) is 4.79 Å². The number of hydrogen-bond donors (Lipinski definition) is 1. The molecule has 0 bridgehead atoms. The predicted molar refractivity (Wildman–Crippen MR) is 71.5 cm³/mol. The third-order valence-electron chi connectivity index (χ3n) is 2.71. The number of rotatable bonds is 4. The van der Waals surface area contributed by atoms with E-state index in [0.29, 0.717) is 5.82 Å². The van der Waals surface area contributed by atoms with Crippen LogP contribution in [0.1, 0.15) is 19.8 Å². The van der Waals surface area contributed by atoms with E-state index in [4.69, 9.17) is 0 Å². The first-order chi connectivity index (χ1) is 8.31. The second-order valence-electron chi connectivity index (χ2n) is 3.98. The molecule has 0 saturated heterocycles. The van der Waals surface area contributed by atoms with E-state index in [1.54, 1.807) is 6.07 Å². The maximum atomic E-state index is 11.2. The third-order valence-corrected chi connectivity index (χ3v) is 2.71. The van der Waals surface area contributed by atoms with Crippen LogP contribution in [0.4, 0.5) is 11.5 Å². The summed E-state index contributed by atoms with van der Waals surface area (Å²) in [4.78, 5) is 20.4. The van der Waals surface area contributed by atoms with E-state index in [0.717, 1.165) is 31.6 Å². The Hall–Kier alpha value is -1.84. The molecule has 4 nitrogen and oxygen atoms in total. The van der Waals surface area contributed by atoms with Crippen LogP contribution in [-0.4, -0.2) is 24.3 Å². The molecule has 0 aromatic carbocycles. The van der Waals surface area contributed by atoms with E-state index in [1.807, 2.05) is 12.3 Å². The number of nitrogens with zero attached hydrogens (tertiary/aromatic N) is 2. The minimum Gasteiger partial charge on any atom is -0.363 e. The van der Waals surface area contributed by atoms with Gasteiger partial charge in [-0.15, -0.1) is 0 Å². The first kappa shape index (κ1) is 11.6. The third kappa shape index (κ3) is 2.84. The van der Waals surface area contributed by atoms with Gasteiger partial charge in [0.05, 0.1) is 12.2 Å². The Balaban J connectivity index is 2.09. The van der Waals surface area contributed by atoms with Gasteiger partial charge in [0.15, 0.2) is 5.82 Å². The molecule has 4 heteroatoms. The molecule has 2 rings (SSSR count). The topological polar surface area (TPSA) is 48.5 Å². The van der Waals surface area contributed by atoms with E-state index in [1.165, 1.54) is 0 Å². The molecule has 0 unspecified atom stereocenters. The minimum atomic E-state index is -0.103. The molecule has 17 heavy (non-hydrogen) atoms. The maximum Gasteiger partial charge on any atom is 0.249 e. The highest BCUT2D eigenvalue weighted by atomic mass is 16.1. The number of aliphatic imine (C=N–C) groups is 1. The Morgan fingerprint density at radius 3 is 3.18 bits per heavy atom. The van der Waals surface area contributed by atoms with Crippen molar-refractivity contribution in [2.24, 2.45) is 4.99 Å². The number of aromatic nitrogens is 1. The van der Waals surface area contributed by atoms with Gasteiger partial charge in [-0.3, -0.25) is 4.79 Å². The van der Waals surface area contributed by atoms with E-state index >= 15 is 0 Å². The molecule has 0 amide bonds. The number of allylic oxidation sites excluding steroid dienone is 1. The molecule has 0 atom stereocenters. The Morgan fingerprint density at radius 1 is 1.47 bits per heavy atom. The molecular formula is C13H17N3O. The van der Waals surface area contributed by atoms with Gasteiger partial charge in [-0.05, 0) is 18.9 Å². The van der Waals surface area contributed by atoms with Crippen LogP contribution in [0.15, 0.2) is 34.1 Å². The Morgan fingerprint density at radius 2 is 2.35 bits per heavy atom. The quantitative estimate of drug-likeness (QED) is 0.808. The van der Waals surface area contributed by atoms with Crippen molar-refractivity contribution in [2.75, 3.05) is 18.0 Å². The summed E-state index contributed by atoms with van der Waals surface area (Å²) in [6, 6.07) is 3.39. The normalized spacial score (nSPS) is 14.3. The summed E-state index contributed by atoms with van der Waals surface area (Å²) in [6.07, 6.45) is 8.29. The van der Waals surface area contributed by atoms with Crippen molar-refractivity contribution in [1.29, 1.82) is 0 Å². The van der Waals surface area contributed by atoms with Gasteiger partial charge in [0.2, 0.25) is 5.56 Å². The van der Waals surface area contributed by atoms with Crippen molar-refractivity contribution >= 4 is 17.7 Å². The molecule has 1 aliphatic rings. The van der Waals surface area contributed by atoms with Crippen LogP contribution in [0.2, 0.25) is 0 Å². The molecule has 0 spiro atoms. The lowest BCUT2D eigenvalue weighted by Gasteiger charge is -2.26. The average Bonchev–Trinajstić information content (AvgIpc) is 2.34. The highest BCUT2D eigenvalue weighted by Gasteiger charge is 2.13. The number of aromatic amines is 1. The number of anilines is 1. The Bertz CT molecular complexity index is 488. The molecule has 0 fully saturated rings. The zero-order valence-electron chi connectivity index (χ0n) is 10.0. The van der Waals surface area contributed by atoms with Crippen molar-refractivity contribution in [3.05, 3.63) is 34.6 Å². The monoisotopic (exact) mass is 231 g/mol. The Kier molecular flexibility index (Phi) is 3.75. The van der Waals surface area contributed by atoms with Crippen LogP contribution in [0.25, 0.3) is 0 Å². The molecular weight excluding hydrogens is 214 g/mol. The molecule has 90 valence electrons. The Labute approximate surface area is 101 Å². The van der Waals surface area contributed by atoms with E-state index in [2.05, 4.69) is 34.0 Å². The number of fused-ring (bicyclic) bond motifs is 1. The number of nitrogens with one attached hydrogen (secondary N) is 1. The summed E-state index contributed by atoms with van der Waals surface area (Å²) in [5.41, 5.74) is 0.908. The maximum absolute atomic E-state index is 11.2. The second kappa shape index (κ2) is 5.48. The van der Waals surface area contributed by atoms with Crippen LogP contribution in [0.5, 0.6) is 0 Å². The fourth-order valence-corrected chi connectivity index (χ4v) is 1.87. The molecule has 1 aromatic heterocycles. The van der Waals surface area contributed by atoms with Gasteiger partial charge < -0.3 is 9.88 Å². The van der Waals surface area contributed by atoms with Crippen LogP contribution in [-0.2, 0) is 0 Å². The number of hydrogen-bond acceptors (Lipinski definition) is 3. The summed E-state index contributed by atoms with van der Waals surface area (Å²) in [5, 5.41) is 0. The van der Waals surface area contributed by atoms with Crippen molar-refractivity contribution in [1.82, 2.24) is 4.98 Å². The minimum absolute atomic E-state index is 0.103. The van der Waals surface area contributed by atoms with Crippen molar-refractivity contribution in [3.8, 4) is 0 Å². The molecule has 0 radical (unpaired) electrons. The highest BCUT2D eigenvalue weighted by Crippen LogP contribution is 2.26. The van der Waals surface area contributed by atoms with E-state index in [-0.39, 0.29) is 5.56 Å². The van der Waals surface area contributed by atoms with Crippen molar-refractivity contribution in [2.45, 2.75) is 19.8 Å². The summed E-state index contributed by atoms with van der Waals surface area (Å²) < 4.78 is 0. The zero-order valence-corrected chi connectivity index (χ0v) is 10.0. The van der Waals surface area contributed by atoms with Gasteiger partial charge in [-0.25, -0.2) is 4.99 Å². The van der Waals surface area contributed by atoms with Gasteiger partial charge in [0, 0.05) is 18.8 Å². The van der Waals surface area contributed by atoms with Crippen molar-refractivity contribution in [3.63, 3.8) is 0 Å². The van der Waals surface area contributed by atoms with Gasteiger partial charge in [-0.2, -0.15) is 0 Å².